The molecule has 1 aliphatic rings. The van der Waals surface area contributed by atoms with Crippen LogP contribution in [0.15, 0.2) is 42.2 Å². The molecule has 1 atom stereocenters. The van der Waals surface area contributed by atoms with Gasteiger partial charge in [-0.1, -0.05) is 18.2 Å². The molecule has 0 bridgehead atoms. The molecule has 1 aromatic rings. The Bertz CT molecular complexity index is 615. The lowest BCUT2D eigenvalue weighted by molar-refractivity contribution is -0.121. The first-order chi connectivity index (χ1) is 10.5. The highest BCUT2D eigenvalue weighted by Crippen LogP contribution is 2.19. The van der Waals surface area contributed by atoms with Crippen molar-refractivity contribution in [3.05, 3.63) is 47.8 Å². The van der Waals surface area contributed by atoms with E-state index in [2.05, 4.69) is 10.8 Å². The number of urea groups is 1. The number of imide groups is 1. The van der Waals surface area contributed by atoms with Crippen LogP contribution < -0.4 is 16.5 Å². The number of rotatable bonds is 4. The van der Waals surface area contributed by atoms with Gasteiger partial charge in [-0.3, -0.25) is 30.1 Å². The molecule has 22 heavy (non-hydrogen) atoms. The van der Waals surface area contributed by atoms with E-state index < -0.39 is 23.9 Å². The van der Waals surface area contributed by atoms with E-state index in [4.69, 9.17) is 10.6 Å². The molecule has 0 aromatic heterocycles. The van der Waals surface area contributed by atoms with Gasteiger partial charge in [0.2, 0.25) is 5.91 Å². The molecule has 0 saturated carbocycles. The van der Waals surface area contributed by atoms with Crippen molar-refractivity contribution in [2.24, 2.45) is 5.73 Å². The van der Waals surface area contributed by atoms with Crippen LogP contribution in [0.1, 0.15) is 16.8 Å². The predicted molar refractivity (Wildman–Crippen MR) is 77.0 cm³/mol. The van der Waals surface area contributed by atoms with Gasteiger partial charge in [-0.25, -0.2) is 4.79 Å². The largest absolute Gasteiger partial charge is 0.368 e. The second-order valence-electron chi connectivity index (χ2n) is 4.62. The van der Waals surface area contributed by atoms with Crippen LogP contribution in [-0.4, -0.2) is 35.9 Å². The summed E-state index contributed by atoms with van der Waals surface area (Å²) in [6.07, 6.45) is 1.57. The lowest BCUT2D eigenvalue weighted by atomic mass is 10.2. The van der Waals surface area contributed by atoms with Crippen LogP contribution in [0.2, 0.25) is 0 Å². The van der Waals surface area contributed by atoms with E-state index in [1.165, 1.54) is 13.3 Å². The summed E-state index contributed by atoms with van der Waals surface area (Å²) >= 11 is 0. The molecular formula is C14H16N4O4. The van der Waals surface area contributed by atoms with Crippen LogP contribution in [0, 0.1) is 0 Å². The minimum absolute atomic E-state index is 0.191. The predicted octanol–water partition coefficient (Wildman–Crippen LogP) is 0.0884. The average Bonchev–Trinajstić information content (AvgIpc) is 2.93. The van der Waals surface area contributed by atoms with E-state index in [-0.39, 0.29) is 6.42 Å². The van der Waals surface area contributed by atoms with Gasteiger partial charge in [-0.05, 0) is 12.1 Å². The Hall–Kier alpha value is -2.87. The van der Waals surface area contributed by atoms with Crippen LogP contribution in [0.5, 0.6) is 0 Å². The maximum absolute atomic E-state index is 12.2. The maximum Gasteiger partial charge on any atom is 0.329 e. The second kappa shape index (κ2) is 6.72. The Kier molecular flexibility index (Phi) is 4.74. The second-order valence-corrected chi connectivity index (χ2v) is 4.62. The monoisotopic (exact) mass is 304 g/mol. The zero-order valence-electron chi connectivity index (χ0n) is 11.9. The molecule has 4 amide bonds. The number of carbonyl (C=O) groups excluding carboxylic acids is 3. The third kappa shape index (κ3) is 3.41. The molecule has 0 spiro atoms. The SMILES string of the molecule is CONC1=CN(C(=O)NC(=O)c2ccccc2)C(C(N)=O)C1. The molecule has 4 N–H and O–H groups in total. The van der Waals surface area contributed by atoms with Crippen molar-refractivity contribution in [3.63, 3.8) is 0 Å². The Labute approximate surface area is 126 Å². The van der Waals surface area contributed by atoms with Gasteiger partial charge < -0.3 is 5.73 Å². The summed E-state index contributed by atoms with van der Waals surface area (Å²) < 4.78 is 0. The molecule has 1 heterocycles. The van der Waals surface area contributed by atoms with Gasteiger partial charge in [0.25, 0.3) is 5.91 Å². The van der Waals surface area contributed by atoms with Gasteiger partial charge in [-0.2, -0.15) is 0 Å². The fourth-order valence-electron chi connectivity index (χ4n) is 2.08. The topological polar surface area (TPSA) is 114 Å². The average molecular weight is 304 g/mol. The van der Waals surface area contributed by atoms with E-state index in [9.17, 15) is 14.4 Å². The van der Waals surface area contributed by atoms with Gasteiger partial charge in [-0.15, -0.1) is 0 Å². The van der Waals surface area contributed by atoms with Gasteiger partial charge in [0, 0.05) is 18.2 Å². The summed E-state index contributed by atoms with van der Waals surface area (Å²) in [5, 5.41) is 2.21. The zero-order chi connectivity index (χ0) is 16.1. The highest BCUT2D eigenvalue weighted by Gasteiger charge is 2.34. The number of hydrogen-bond donors (Lipinski definition) is 3. The molecule has 0 aliphatic carbocycles. The van der Waals surface area contributed by atoms with Crippen molar-refractivity contribution < 1.29 is 19.2 Å². The van der Waals surface area contributed by atoms with Gasteiger partial charge in [0.15, 0.2) is 0 Å². The molecule has 2 rings (SSSR count). The Morgan fingerprint density at radius 1 is 1.27 bits per heavy atom. The third-order valence-corrected chi connectivity index (χ3v) is 3.10. The molecule has 1 aromatic carbocycles. The summed E-state index contributed by atoms with van der Waals surface area (Å²) in [6.45, 7) is 0. The molecule has 1 unspecified atom stereocenters. The molecule has 0 saturated heterocycles. The Morgan fingerprint density at radius 2 is 1.95 bits per heavy atom. The zero-order valence-corrected chi connectivity index (χ0v) is 11.9. The first kappa shape index (κ1) is 15.5. The smallest absolute Gasteiger partial charge is 0.329 e. The molecule has 1 aliphatic heterocycles. The number of primary amides is 1. The first-order valence-corrected chi connectivity index (χ1v) is 6.50. The summed E-state index contributed by atoms with van der Waals surface area (Å²) in [7, 11) is 1.40. The number of hydroxylamine groups is 1. The maximum atomic E-state index is 12.2. The van der Waals surface area contributed by atoms with E-state index >= 15 is 0 Å². The Morgan fingerprint density at radius 3 is 2.55 bits per heavy atom. The van der Waals surface area contributed by atoms with Gasteiger partial charge in [0.1, 0.15) is 6.04 Å². The number of nitrogens with zero attached hydrogens (tertiary/aromatic N) is 1. The van der Waals surface area contributed by atoms with Gasteiger partial charge >= 0.3 is 6.03 Å². The first-order valence-electron chi connectivity index (χ1n) is 6.50. The molecular weight excluding hydrogens is 288 g/mol. The van der Waals surface area contributed by atoms with Gasteiger partial charge in [0.05, 0.1) is 12.8 Å². The molecule has 0 radical (unpaired) electrons. The normalized spacial score (nSPS) is 16.9. The van der Waals surface area contributed by atoms with Crippen LogP contribution in [0.25, 0.3) is 0 Å². The summed E-state index contributed by atoms with van der Waals surface area (Å²) in [4.78, 5) is 41.4. The van der Waals surface area contributed by atoms with Crippen molar-refractivity contribution in [1.82, 2.24) is 15.7 Å². The van der Waals surface area contributed by atoms with Crippen LogP contribution >= 0.6 is 0 Å². The molecule has 116 valence electrons. The lowest BCUT2D eigenvalue weighted by Crippen LogP contribution is -2.48. The standard InChI is InChI=1S/C14H16N4O4/c1-22-17-10-7-11(12(15)19)18(8-10)14(21)16-13(20)9-5-3-2-4-6-9/h2-6,8,11,17H,7H2,1H3,(H2,15,19)(H,16,20,21). The highest BCUT2D eigenvalue weighted by atomic mass is 16.6. The van der Waals surface area contributed by atoms with Crippen molar-refractivity contribution in [1.29, 1.82) is 0 Å². The number of nitrogens with one attached hydrogen (secondary N) is 2. The fourth-order valence-corrected chi connectivity index (χ4v) is 2.08. The molecule has 8 nitrogen and oxygen atoms in total. The van der Waals surface area contributed by atoms with E-state index in [0.717, 1.165) is 4.90 Å². The van der Waals surface area contributed by atoms with E-state index in [0.29, 0.717) is 11.3 Å². The van der Waals surface area contributed by atoms with Crippen LogP contribution in [0.3, 0.4) is 0 Å². The molecule has 8 heteroatoms. The third-order valence-electron chi connectivity index (χ3n) is 3.10. The van der Waals surface area contributed by atoms with E-state index in [1.807, 2.05) is 0 Å². The Balaban J connectivity index is 2.09. The number of hydrogen-bond acceptors (Lipinski definition) is 5. The van der Waals surface area contributed by atoms with Crippen molar-refractivity contribution in [3.8, 4) is 0 Å². The number of carbonyl (C=O) groups is 3. The van der Waals surface area contributed by atoms with E-state index in [1.54, 1.807) is 30.3 Å². The fraction of sp³-hybridized carbons (Fsp3) is 0.214. The summed E-state index contributed by atoms with van der Waals surface area (Å²) in [5.74, 6) is -1.23. The number of nitrogens with two attached hydrogens (primary N) is 1. The van der Waals surface area contributed by atoms with Crippen LogP contribution in [-0.2, 0) is 9.63 Å². The summed E-state index contributed by atoms with van der Waals surface area (Å²) in [5.41, 5.74) is 8.67. The van der Waals surface area contributed by atoms with Crippen molar-refractivity contribution in [2.45, 2.75) is 12.5 Å². The molecule has 0 fully saturated rings. The lowest BCUT2D eigenvalue weighted by Gasteiger charge is -2.20. The number of benzene rings is 1. The number of amides is 4. The quantitative estimate of drug-likeness (QED) is 0.682. The highest BCUT2D eigenvalue weighted by molar-refractivity contribution is 6.05. The van der Waals surface area contributed by atoms with Crippen molar-refractivity contribution >= 4 is 17.8 Å². The summed E-state index contributed by atoms with van der Waals surface area (Å²) in [6, 6.07) is 6.67. The van der Waals surface area contributed by atoms with Crippen LogP contribution in [0.4, 0.5) is 4.79 Å². The minimum Gasteiger partial charge on any atom is -0.368 e. The van der Waals surface area contributed by atoms with Crippen molar-refractivity contribution in [2.75, 3.05) is 7.11 Å². The minimum atomic E-state index is -0.874.